The van der Waals surface area contributed by atoms with Crippen LogP contribution in [0, 0.1) is 23.7 Å². The van der Waals surface area contributed by atoms with Crippen molar-refractivity contribution in [3.05, 3.63) is 22.4 Å². The Morgan fingerprint density at radius 3 is 3.00 bits per heavy atom. The standard InChI is InChI=1S/C17H24N2O2S/c20-16(10-4-5-22-9-10)8-18-17(21)19-15-7-11-6-14(15)13-3-1-2-12(11)13/h4-5,9,11-16,20H,1-3,6-8H2,(H2,18,19,21). The normalized spacial score (nSPS) is 37.0. The van der Waals surface area contributed by atoms with Gasteiger partial charge in [-0.3, -0.25) is 0 Å². The first-order chi connectivity index (χ1) is 10.7. The molecule has 1 aromatic rings. The summed E-state index contributed by atoms with van der Waals surface area (Å²) in [5.41, 5.74) is 0.874. The van der Waals surface area contributed by atoms with Crippen LogP contribution in [0.25, 0.3) is 0 Å². The highest BCUT2D eigenvalue weighted by Crippen LogP contribution is 2.58. The number of carbonyl (C=O) groups is 1. The Balaban J connectivity index is 1.27. The van der Waals surface area contributed by atoms with Gasteiger partial charge in [-0.05, 0) is 71.7 Å². The van der Waals surface area contributed by atoms with Crippen LogP contribution < -0.4 is 10.6 Å². The molecule has 4 nitrogen and oxygen atoms in total. The smallest absolute Gasteiger partial charge is 0.315 e. The van der Waals surface area contributed by atoms with E-state index in [9.17, 15) is 9.90 Å². The molecule has 4 rings (SSSR count). The second-order valence-corrected chi connectivity index (χ2v) is 7.97. The van der Waals surface area contributed by atoms with Crippen molar-refractivity contribution in [2.45, 2.75) is 44.2 Å². The highest BCUT2D eigenvalue weighted by Gasteiger charge is 2.54. The summed E-state index contributed by atoms with van der Waals surface area (Å²) in [5, 5.41) is 19.9. The molecule has 5 heteroatoms. The van der Waals surface area contributed by atoms with E-state index in [0.29, 0.717) is 12.0 Å². The van der Waals surface area contributed by atoms with Gasteiger partial charge in [0.05, 0.1) is 6.10 Å². The molecule has 6 unspecified atom stereocenters. The van der Waals surface area contributed by atoms with E-state index in [1.165, 1.54) is 25.7 Å². The zero-order chi connectivity index (χ0) is 15.1. The number of urea groups is 1. The fourth-order valence-corrected chi connectivity index (χ4v) is 5.93. The summed E-state index contributed by atoms with van der Waals surface area (Å²) in [6.45, 7) is 0.273. The van der Waals surface area contributed by atoms with Crippen molar-refractivity contribution in [1.29, 1.82) is 0 Å². The van der Waals surface area contributed by atoms with Crippen LogP contribution in [-0.4, -0.2) is 23.7 Å². The van der Waals surface area contributed by atoms with Gasteiger partial charge in [0.2, 0.25) is 0 Å². The molecule has 120 valence electrons. The first-order valence-corrected chi connectivity index (χ1v) is 9.41. The Bertz CT molecular complexity index is 533. The quantitative estimate of drug-likeness (QED) is 0.799. The minimum Gasteiger partial charge on any atom is -0.387 e. The molecule has 3 fully saturated rings. The lowest BCUT2D eigenvalue weighted by Crippen LogP contribution is -2.47. The van der Waals surface area contributed by atoms with E-state index in [1.54, 1.807) is 11.3 Å². The lowest BCUT2D eigenvalue weighted by molar-refractivity contribution is 0.168. The minimum atomic E-state index is -0.615. The monoisotopic (exact) mass is 320 g/mol. The van der Waals surface area contributed by atoms with Crippen molar-refractivity contribution < 1.29 is 9.90 Å². The third kappa shape index (κ3) is 2.54. The second-order valence-electron chi connectivity index (χ2n) is 7.19. The maximum absolute atomic E-state index is 12.1. The maximum Gasteiger partial charge on any atom is 0.315 e. The van der Waals surface area contributed by atoms with E-state index >= 15 is 0 Å². The van der Waals surface area contributed by atoms with Gasteiger partial charge in [0, 0.05) is 12.6 Å². The zero-order valence-electron chi connectivity index (χ0n) is 12.7. The van der Waals surface area contributed by atoms with Gasteiger partial charge in [0.25, 0.3) is 0 Å². The van der Waals surface area contributed by atoms with Gasteiger partial charge in [0.1, 0.15) is 0 Å². The molecule has 1 aromatic heterocycles. The number of nitrogens with one attached hydrogen (secondary N) is 2. The van der Waals surface area contributed by atoms with E-state index in [1.807, 2.05) is 16.8 Å². The van der Waals surface area contributed by atoms with Gasteiger partial charge in [-0.25, -0.2) is 4.79 Å². The van der Waals surface area contributed by atoms with Crippen LogP contribution in [0.5, 0.6) is 0 Å². The fraction of sp³-hybridized carbons (Fsp3) is 0.706. The average molecular weight is 320 g/mol. The molecule has 3 aliphatic carbocycles. The summed E-state index contributed by atoms with van der Waals surface area (Å²) in [5.74, 6) is 3.36. The maximum atomic E-state index is 12.1. The molecule has 0 radical (unpaired) electrons. The number of aliphatic hydroxyl groups is 1. The fourth-order valence-electron chi connectivity index (χ4n) is 5.23. The lowest BCUT2D eigenvalue weighted by atomic mass is 9.79. The lowest BCUT2D eigenvalue weighted by Gasteiger charge is -2.32. The zero-order valence-corrected chi connectivity index (χ0v) is 13.5. The average Bonchev–Trinajstić information content (AvgIpc) is 3.24. The van der Waals surface area contributed by atoms with E-state index < -0.39 is 6.10 Å². The number of carbonyl (C=O) groups excluding carboxylic acids is 1. The Labute approximate surface area is 135 Å². The predicted molar refractivity (Wildman–Crippen MR) is 86.6 cm³/mol. The topological polar surface area (TPSA) is 61.4 Å². The van der Waals surface area contributed by atoms with Gasteiger partial charge in [-0.1, -0.05) is 6.42 Å². The summed E-state index contributed by atoms with van der Waals surface area (Å²) in [4.78, 5) is 12.1. The largest absolute Gasteiger partial charge is 0.387 e. The molecule has 0 spiro atoms. The van der Waals surface area contributed by atoms with Crippen LogP contribution in [0.15, 0.2) is 16.8 Å². The minimum absolute atomic E-state index is 0.124. The van der Waals surface area contributed by atoms with Crippen LogP contribution in [0.4, 0.5) is 4.79 Å². The van der Waals surface area contributed by atoms with Crippen molar-refractivity contribution in [3.8, 4) is 0 Å². The number of rotatable bonds is 4. The highest BCUT2D eigenvalue weighted by molar-refractivity contribution is 7.07. The number of aliphatic hydroxyl groups excluding tert-OH is 1. The van der Waals surface area contributed by atoms with Gasteiger partial charge < -0.3 is 15.7 Å². The van der Waals surface area contributed by atoms with E-state index in [-0.39, 0.29) is 12.6 Å². The number of hydrogen-bond donors (Lipinski definition) is 3. The van der Waals surface area contributed by atoms with Crippen LogP contribution in [0.2, 0.25) is 0 Å². The molecule has 0 aliphatic heterocycles. The predicted octanol–water partition coefficient (Wildman–Crippen LogP) is 2.91. The molecule has 1 heterocycles. The van der Waals surface area contributed by atoms with Gasteiger partial charge in [-0.15, -0.1) is 0 Å². The van der Waals surface area contributed by atoms with Gasteiger partial charge >= 0.3 is 6.03 Å². The molecule has 0 aromatic carbocycles. The van der Waals surface area contributed by atoms with Gasteiger partial charge in [0.15, 0.2) is 0 Å². The van der Waals surface area contributed by atoms with Crippen molar-refractivity contribution in [2.75, 3.05) is 6.54 Å². The van der Waals surface area contributed by atoms with Gasteiger partial charge in [-0.2, -0.15) is 11.3 Å². The molecule has 22 heavy (non-hydrogen) atoms. The molecular weight excluding hydrogens is 296 g/mol. The molecule has 0 saturated heterocycles. The van der Waals surface area contributed by atoms with Crippen molar-refractivity contribution >= 4 is 17.4 Å². The summed E-state index contributed by atoms with van der Waals surface area (Å²) >= 11 is 1.56. The van der Waals surface area contributed by atoms with Crippen LogP contribution in [0.3, 0.4) is 0 Å². The van der Waals surface area contributed by atoms with Crippen molar-refractivity contribution in [2.24, 2.45) is 23.7 Å². The number of hydrogen-bond acceptors (Lipinski definition) is 3. The highest BCUT2D eigenvalue weighted by atomic mass is 32.1. The Morgan fingerprint density at radius 1 is 1.32 bits per heavy atom. The van der Waals surface area contributed by atoms with E-state index in [0.717, 1.165) is 29.7 Å². The van der Waals surface area contributed by atoms with E-state index in [4.69, 9.17) is 0 Å². The van der Waals surface area contributed by atoms with E-state index in [2.05, 4.69) is 10.6 Å². The molecule has 2 amide bonds. The first-order valence-electron chi connectivity index (χ1n) is 8.47. The molecule has 3 aliphatic rings. The molecular formula is C17H24N2O2S. The molecule has 2 bridgehead atoms. The third-order valence-corrected chi connectivity index (χ3v) is 6.83. The van der Waals surface area contributed by atoms with Crippen LogP contribution in [-0.2, 0) is 0 Å². The van der Waals surface area contributed by atoms with Crippen molar-refractivity contribution in [1.82, 2.24) is 10.6 Å². The summed E-state index contributed by atoms with van der Waals surface area (Å²) < 4.78 is 0. The second kappa shape index (κ2) is 5.85. The molecule has 3 saturated carbocycles. The Morgan fingerprint density at radius 2 is 2.18 bits per heavy atom. The first kappa shape index (κ1) is 14.5. The van der Waals surface area contributed by atoms with Crippen LogP contribution in [0.1, 0.15) is 43.8 Å². The Hall–Kier alpha value is -1.07. The summed E-state index contributed by atoms with van der Waals surface area (Å²) in [6.07, 6.45) is 6.02. The number of fused-ring (bicyclic) bond motifs is 5. The Kier molecular flexibility index (Phi) is 3.86. The SMILES string of the molecule is O=C(NCC(O)c1ccsc1)NC1CC2CC1C1CCCC21. The third-order valence-electron chi connectivity index (χ3n) is 6.13. The summed E-state index contributed by atoms with van der Waals surface area (Å²) in [7, 11) is 0. The molecule has 6 atom stereocenters. The summed E-state index contributed by atoms with van der Waals surface area (Å²) in [6, 6.07) is 2.12. The molecule has 3 N–H and O–H groups in total. The van der Waals surface area contributed by atoms with Crippen LogP contribution >= 0.6 is 11.3 Å². The number of amides is 2. The number of thiophene rings is 1. The van der Waals surface area contributed by atoms with Crippen molar-refractivity contribution in [3.63, 3.8) is 0 Å².